The van der Waals surface area contributed by atoms with Gasteiger partial charge in [0.05, 0.1) is 0 Å². The summed E-state index contributed by atoms with van der Waals surface area (Å²) in [7, 11) is 0. The maximum Gasteiger partial charge on any atom is 0.0236 e. The fourth-order valence-corrected chi connectivity index (χ4v) is 2.79. The Kier molecular flexibility index (Phi) is 4.41. The van der Waals surface area contributed by atoms with Crippen molar-refractivity contribution in [2.45, 2.75) is 46.2 Å². The summed E-state index contributed by atoms with van der Waals surface area (Å²) in [5, 5.41) is 0. The minimum Gasteiger partial charge on any atom is -0.326 e. The molecule has 0 amide bonds. The van der Waals surface area contributed by atoms with Gasteiger partial charge in [-0.15, -0.1) is 0 Å². The molecule has 0 aliphatic carbocycles. The van der Waals surface area contributed by atoms with Crippen LogP contribution in [0.25, 0.3) is 0 Å². The van der Waals surface area contributed by atoms with Crippen LogP contribution in [0.4, 0.5) is 0 Å². The van der Waals surface area contributed by atoms with Gasteiger partial charge < -0.3 is 5.73 Å². The summed E-state index contributed by atoms with van der Waals surface area (Å²) < 4.78 is 0. The molecule has 1 fully saturated rings. The lowest BCUT2D eigenvalue weighted by Gasteiger charge is -2.24. The first-order valence-corrected chi connectivity index (χ1v) is 7.10. The zero-order valence-corrected chi connectivity index (χ0v) is 11.8. The van der Waals surface area contributed by atoms with Crippen molar-refractivity contribution in [3.05, 3.63) is 35.4 Å². The largest absolute Gasteiger partial charge is 0.326 e. The van der Waals surface area contributed by atoms with E-state index in [9.17, 15) is 0 Å². The average Bonchev–Trinajstić information content (AvgIpc) is 2.52. The number of nitrogens with two attached hydrogens (primary N) is 1. The molecule has 1 heterocycles. The van der Waals surface area contributed by atoms with Gasteiger partial charge in [-0.2, -0.15) is 0 Å². The molecule has 100 valence electrons. The van der Waals surface area contributed by atoms with E-state index in [2.05, 4.69) is 43.0 Å². The molecule has 0 spiro atoms. The molecule has 0 bridgehead atoms. The summed E-state index contributed by atoms with van der Waals surface area (Å²) in [4.78, 5) is 2.59. The van der Waals surface area contributed by atoms with Crippen LogP contribution in [0.2, 0.25) is 0 Å². The maximum absolute atomic E-state index is 5.81. The number of benzene rings is 1. The van der Waals surface area contributed by atoms with Gasteiger partial charge in [0.15, 0.2) is 0 Å². The topological polar surface area (TPSA) is 29.3 Å². The smallest absolute Gasteiger partial charge is 0.0236 e. The van der Waals surface area contributed by atoms with Crippen molar-refractivity contribution in [1.29, 1.82) is 0 Å². The first-order valence-electron chi connectivity index (χ1n) is 7.10. The molecular weight excluding hydrogens is 220 g/mol. The second-order valence-electron chi connectivity index (χ2n) is 6.27. The zero-order valence-electron chi connectivity index (χ0n) is 11.8. The van der Waals surface area contributed by atoms with Crippen LogP contribution in [0.3, 0.4) is 0 Å². The fourth-order valence-electron chi connectivity index (χ4n) is 2.79. The van der Waals surface area contributed by atoms with E-state index in [0.29, 0.717) is 12.0 Å². The molecule has 0 atom stereocenters. The van der Waals surface area contributed by atoms with Crippen molar-refractivity contribution >= 4 is 0 Å². The summed E-state index contributed by atoms with van der Waals surface area (Å²) in [5.74, 6) is 0. The van der Waals surface area contributed by atoms with Crippen molar-refractivity contribution in [2.24, 2.45) is 11.1 Å². The highest BCUT2D eigenvalue weighted by molar-refractivity contribution is 5.26. The summed E-state index contributed by atoms with van der Waals surface area (Å²) in [6.45, 7) is 8.93. The number of nitrogens with zero attached hydrogens (tertiary/aromatic N) is 1. The van der Waals surface area contributed by atoms with Gasteiger partial charge in [-0.1, -0.05) is 38.1 Å². The number of hydrogen-bond donors (Lipinski definition) is 1. The van der Waals surface area contributed by atoms with Gasteiger partial charge >= 0.3 is 0 Å². The van der Waals surface area contributed by atoms with E-state index in [0.717, 1.165) is 6.54 Å². The van der Waals surface area contributed by atoms with Gasteiger partial charge in [-0.25, -0.2) is 0 Å². The van der Waals surface area contributed by atoms with E-state index in [1.165, 1.54) is 43.5 Å². The third kappa shape index (κ3) is 3.56. The second kappa shape index (κ2) is 5.85. The Labute approximate surface area is 111 Å². The minimum atomic E-state index is 0.516. The number of hydrogen-bond acceptors (Lipinski definition) is 2. The van der Waals surface area contributed by atoms with Gasteiger partial charge in [0, 0.05) is 13.1 Å². The van der Waals surface area contributed by atoms with Gasteiger partial charge in [-0.3, -0.25) is 4.90 Å². The molecule has 2 N–H and O–H groups in total. The molecule has 1 aliphatic heterocycles. The average molecular weight is 246 g/mol. The zero-order chi connectivity index (χ0) is 13.0. The summed E-state index contributed by atoms with van der Waals surface area (Å²) in [6.07, 6.45) is 3.97. The van der Waals surface area contributed by atoms with E-state index in [4.69, 9.17) is 5.73 Å². The first kappa shape index (κ1) is 13.6. The molecule has 1 saturated heterocycles. The third-order valence-corrected chi connectivity index (χ3v) is 4.16. The van der Waals surface area contributed by atoms with Gasteiger partial charge in [0.1, 0.15) is 0 Å². The Morgan fingerprint density at radius 2 is 1.83 bits per heavy atom. The molecule has 2 rings (SSSR count). The van der Waals surface area contributed by atoms with Crippen LogP contribution in [0.15, 0.2) is 24.3 Å². The highest BCUT2D eigenvalue weighted by Gasteiger charge is 2.23. The van der Waals surface area contributed by atoms with Crippen LogP contribution in [-0.2, 0) is 13.1 Å². The number of likely N-dealkylation sites (tertiary alicyclic amines) is 1. The molecule has 0 radical (unpaired) electrons. The van der Waals surface area contributed by atoms with Crippen LogP contribution >= 0.6 is 0 Å². The molecule has 1 aromatic carbocycles. The molecule has 1 aliphatic rings. The highest BCUT2D eigenvalue weighted by Crippen LogP contribution is 2.30. The van der Waals surface area contributed by atoms with E-state index >= 15 is 0 Å². The van der Waals surface area contributed by atoms with Crippen LogP contribution < -0.4 is 5.73 Å². The third-order valence-electron chi connectivity index (χ3n) is 4.16. The first-order chi connectivity index (χ1) is 8.61. The second-order valence-corrected chi connectivity index (χ2v) is 6.27. The van der Waals surface area contributed by atoms with Crippen molar-refractivity contribution in [1.82, 2.24) is 4.90 Å². The lowest BCUT2D eigenvalue weighted by atomic mass is 9.85. The summed E-state index contributed by atoms with van der Waals surface area (Å²) in [6, 6.07) is 8.57. The molecule has 0 unspecified atom stereocenters. The lowest BCUT2D eigenvalue weighted by Crippen LogP contribution is -2.25. The highest BCUT2D eigenvalue weighted by atomic mass is 15.1. The molecular formula is C16H26N2. The van der Waals surface area contributed by atoms with Gasteiger partial charge in [0.2, 0.25) is 0 Å². The Hall–Kier alpha value is -0.860. The van der Waals surface area contributed by atoms with E-state index in [1.54, 1.807) is 0 Å². The lowest BCUT2D eigenvalue weighted by molar-refractivity contribution is 0.255. The summed E-state index contributed by atoms with van der Waals surface area (Å²) in [5.41, 5.74) is 9.02. The van der Waals surface area contributed by atoms with Crippen molar-refractivity contribution in [3.8, 4) is 0 Å². The quantitative estimate of drug-likeness (QED) is 0.887. The maximum atomic E-state index is 5.81. The Morgan fingerprint density at radius 1 is 1.11 bits per heavy atom. The summed E-state index contributed by atoms with van der Waals surface area (Å²) >= 11 is 0. The van der Waals surface area contributed by atoms with Crippen molar-refractivity contribution in [2.75, 3.05) is 13.1 Å². The predicted octanol–water partition coefficient (Wildman–Crippen LogP) is 3.16. The molecule has 0 aromatic heterocycles. The van der Waals surface area contributed by atoms with Crippen LogP contribution in [0, 0.1) is 5.41 Å². The Bertz CT molecular complexity index is 384. The molecule has 0 saturated carbocycles. The van der Waals surface area contributed by atoms with E-state index < -0.39 is 0 Å². The molecule has 1 aromatic rings. The van der Waals surface area contributed by atoms with Crippen LogP contribution in [0.5, 0.6) is 0 Å². The molecule has 2 nitrogen and oxygen atoms in total. The normalized spacial score (nSPS) is 20.6. The SMILES string of the molecule is CC1(C)CCCN(Cc2ccccc2CN)CC1. The van der Waals surface area contributed by atoms with Gasteiger partial charge in [0.25, 0.3) is 0 Å². The fraction of sp³-hybridized carbons (Fsp3) is 0.625. The van der Waals surface area contributed by atoms with E-state index in [1.807, 2.05) is 0 Å². The minimum absolute atomic E-state index is 0.516. The van der Waals surface area contributed by atoms with Crippen molar-refractivity contribution < 1.29 is 0 Å². The monoisotopic (exact) mass is 246 g/mol. The van der Waals surface area contributed by atoms with Crippen LogP contribution in [-0.4, -0.2) is 18.0 Å². The predicted molar refractivity (Wildman–Crippen MR) is 77.2 cm³/mol. The van der Waals surface area contributed by atoms with Crippen LogP contribution in [0.1, 0.15) is 44.2 Å². The Balaban J connectivity index is 2.01. The molecule has 18 heavy (non-hydrogen) atoms. The van der Waals surface area contributed by atoms with E-state index in [-0.39, 0.29) is 0 Å². The van der Waals surface area contributed by atoms with Gasteiger partial charge in [-0.05, 0) is 48.9 Å². The molecule has 2 heteroatoms. The Morgan fingerprint density at radius 3 is 2.56 bits per heavy atom. The number of rotatable bonds is 3. The van der Waals surface area contributed by atoms with Crippen molar-refractivity contribution in [3.63, 3.8) is 0 Å². The standard InChI is InChI=1S/C16H26N2/c1-16(2)8-5-10-18(11-9-16)13-15-7-4-3-6-14(15)12-17/h3-4,6-7H,5,8-13,17H2,1-2H3.